The first-order valence-corrected chi connectivity index (χ1v) is 3.46. The Kier molecular flexibility index (Phi) is 2.36. The molecule has 0 saturated carbocycles. The molecule has 0 fully saturated rings. The predicted molar refractivity (Wildman–Crippen MR) is 41.6 cm³/mol. The molecular weight excluding hydrogens is 183 g/mol. The van der Waals surface area contributed by atoms with E-state index >= 15 is 0 Å². The zero-order chi connectivity index (χ0) is 10.1. The van der Waals surface area contributed by atoms with E-state index in [1.54, 1.807) is 0 Å². The van der Waals surface area contributed by atoms with E-state index in [2.05, 4.69) is 5.18 Å². The summed E-state index contributed by atoms with van der Waals surface area (Å²) in [6.45, 7) is 1.52. The summed E-state index contributed by atoms with van der Waals surface area (Å²) in [7, 11) is 0. The molecule has 0 spiro atoms. The zero-order valence-corrected chi connectivity index (χ0v) is 6.72. The van der Waals surface area contributed by atoms with Crippen LogP contribution in [-0.4, -0.2) is 0 Å². The van der Waals surface area contributed by atoms with Crippen molar-refractivity contribution in [1.29, 1.82) is 0 Å². The largest absolute Gasteiger partial charge is 0.418 e. The molecule has 0 heterocycles. The van der Waals surface area contributed by atoms with Crippen molar-refractivity contribution in [1.82, 2.24) is 0 Å². The topological polar surface area (TPSA) is 29.4 Å². The van der Waals surface area contributed by atoms with Crippen LogP contribution < -0.4 is 0 Å². The smallest absolute Gasteiger partial charge is 0.166 e. The number of alkyl halides is 3. The Morgan fingerprint density at radius 3 is 2.38 bits per heavy atom. The summed E-state index contributed by atoms with van der Waals surface area (Å²) in [5.74, 6) is 0. The molecule has 0 aliphatic carbocycles. The summed E-state index contributed by atoms with van der Waals surface area (Å²) in [5.41, 5.74) is -1.11. The van der Waals surface area contributed by atoms with Crippen LogP contribution >= 0.6 is 0 Å². The second-order valence-corrected chi connectivity index (χ2v) is 2.61. The maximum Gasteiger partial charge on any atom is 0.418 e. The average molecular weight is 189 g/mol. The molecule has 0 aliphatic rings. The van der Waals surface area contributed by atoms with Gasteiger partial charge in [-0.05, 0) is 24.2 Å². The van der Waals surface area contributed by atoms with Gasteiger partial charge in [0.25, 0.3) is 0 Å². The molecule has 0 bridgehead atoms. The van der Waals surface area contributed by atoms with Crippen molar-refractivity contribution < 1.29 is 13.2 Å². The molecule has 0 saturated heterocycles. The fourth-order valence-corrected chi connectivity index (χ4v) is 0.957. The van der Waals surface area contributed by atoms with Crippen LogP contribution in [0.15, 0.2) is 23.4 Å². The minimum Gasteiger partial charge on any atom is -0.166 e. The van der Waals surface area contributed by atoms with Crippen LogP contribution in [0.4, 0.5) is 18.9 Å². The normalized spacial score (nSPS) is 11.4. The first kappa shape index (κ1) is 9.70. The van der Waals surface area contributed by atoms with Gasteiger partial charge in [0.05, 0.1) is 5.56 Å². The zero-order valence-electron chi connectivity index (χ0n) is 6.72. The summed E-state index contributed by atoms with van der Waals surface area (Å²) in [6.07, 6.45) is -4.52. The van der Waals surface area contributed by atoms with Gasteiger partial charge < -0.3 is 0 Å². The van der Waals surface area contributed by atoms with E-state index in [9.17, 15) is 18.1 Å². The number of nitrogens with zero attached hydrogens (tertiary/aromatic N) is 1. The number of aryl methyl sites for hydroxylation is 1. The van der Waals surface area contributed by atoms with Gasteiger partial charge in [-0.1, -0.05) is 11.6 Å². The fraction of sp³-hybridized carbons (Fsp3) is 0.250. The standard InChI is InChI=1S/C8H6F3NO/c1-5-2-3-7(12-13)6(4-5)8(9,10)11/h2-4H,1H3. The van der Waals surface area contributed by atoms with Crippen molar-refractivity contribution in [2.75, 3.05) is 0 Å². The van der Waals surface area contributed by atoms with Gasteiger partial charge >= 0.3 is 6.18 Å². The van der Waals surface area contributed by atoms with Crippen LogP contribution in [0.3, 0.4) is 0 Å². The fourth-order valence-electron chi connectivity index (χ4n) is 0.957. The number of hydrogen-bond acceptors (Lipinski definition) is 2. The molecule has 0 amide bonds. The first-order chi connectivity index (χ1) is 5.95. The lowest BCUT2D eigenvalue weighted by Crippen LogP contribution is -2.05. The highest BCUT2D eigenvalue weighted by molar-refractivity contribution is 5.49. The van der Waals surface area contributed by atoms with Crippen LogP contribution in [0.25, 0.3) is 0 Å². The lowest BCUT2D eigenvalue weighted by molar-refractivity contribution is -0.137. The summed E-state index contributed by atoms with van der Waals surface area (Å²) in [5, 5.41) is 2.31. The van der Waals surface area contributed by atoms with E-state index in [1.165, 1.54) is 13.0 Å². The quantitative estimate of drug-likeness (QED) is 0.622. The van der Waals surface area contributed by atoms with Crippen molar-refractivity contribution in [2.45, 2.75) is 13.1 Å². The molecule has 1 aromatic rings. The Morgan fingerprint density at radius 1 is 1.31 bits per heavy atom. The molecule has 1 aromatic carbocycles. The van der Waals surface area contributed by atoms with E-state index < -0.39 is 17.4 Å². The molecule has 0 N–H and O–H groups in total. The molecule has 1 rings (SSSR count). The highest BCUT2D eigenvalue weighted by Crippen LogP contribution is 2.36. The lowest BCUT2D eigenvalue weighted by Gasteiger charge is -2.08. The van der Waals surface area contributed by atoms with Crippen molar-refractivity contribution in [3.05, 3.63) is 34.2 Å². The molecule has 0 aliphatic heterocycles. The second kappa shape index (κ2) is 3.16. The van der Waals surface area contributed by atoms with Gasteiger partial charge in [-0.15, -0.1) is 4.91 Å². The lowest BCUT2D eigenvalue weighted by atomic mass is 10.1. The molecule has 70 valence electrons. The first-order valence-electron chi connectivity index (χ1n) is 3.46. The Bertz CT molecular complexity index is 333. The highest BCUT2D eigenvalue weighted by Gasteiger charge is 2.33. The van der Waals surface area contributed by atoms with Crippen molar-refractivity contribution in [2.24, 2.45) is 5.18 Å². The monoisotopic (exact) mass is 189 g/mol. The third-order valence-electron chi connectivity index (χ3n) is 1.56. The van der Waals surface area contributed by atoms with Crippen molar-refractivity contribution in [3.8, 4) is 0 Å². The number of rotatable bonds is 1. The molecular formula is C8H6F3NO. The number of benzene rings is 1. The van der Waals surface area contributed by atoms with E-state index in [4.69, 9.17) is 0 Å². The van der Waals surface area contributed by atoms with E-state index in [-0.39, 0.29) is 0 Å². The molecule has 5 heteroatoms. The Morgan fingerprint density at radius 2 is 1.92 bits per heavy atom. The van der Waals surface area contributed by atoms with Gasteiger partial charge in [0.15, 0.2) is 0 Å². The Balaban J connectivity index is 3.32. The van der Waals surface area contributed by atoms with Crippen LogP contribution in [0.1, 0.15) is 11.1 Å². The maximum absolute atomic E-state index is 12.2. The SMILES string of the molecule is Cc1ccc(N=O)c(C(F)(F)F)c1. The van der Waals surface area contributed by atoms with E-state index in [0.29, 0.717) is 5.56 Å². The van der Waals surface area contributed by atoms with E-state index in [1.807, 2.05) is 0 Å². The predicted octanol–water partition coefficient (Wildman–Crippen LogP) is 3.41. The van der Waals surface area contributed by atoms with Gasteiger partial charge in [-0.3, -0.25) is 0 Å². The van der Waals surface area contributed by atoms with Gasteiger partial charge in [0, 0.05) is 0 Å². The van der Waals surface area contributed by atoms with Crippen LogP contribution in [-0.2, 0) is 6.18 Å². The number of nitroso groups, excluding NO2 is 1. The average Bonchev–Trinajstić information content (AvgIpc) is 2.03. The summed E-state index contributed by atoms with van der Waals surface area (Å²) >= 11 is 0. The third-order valence-corrected chi connectivity index (χ3v) is 1.56. The molecule has 0 aromatic heterocycles. The van der Waals surface area contributed by atoms with Gasteiger partial charge in [-0.2, -0.15) is 13.2 Å². The van der Waals surface area contributed by atoms with E-state index in [0.717, 1.165) is 12.1 Å². The molecule has 0 unspecified atom stereocenters. The van der Waals surface area contributed by atoms with Crippen molar-refractivity contribution in [3.63, 3.8) is 0 Å². The minimum absolute atomic E-state index is 0.444. The second-order valence-electron chi connectivity index (χ2n) is 2.61. The number of hydrogen-bond donors (Lipinski definition) is 0. The maximum atomic E-state index is 12.2. The van der Waals surface area contributed by atoms with Crippen LogP contribution in [0, 0.1) is 11.8 Å². The Labute approximate surface area is 72.4 Å². The molecule has 13 heavy (non-hydrogen) atoms. The van der Waals surface area contributed by atoms with Crippen molar-refractivity contribution >= 4 is 5.69 Å². The summed E-state index contributed by atoms with van der Waals surface area (Å²) < 4.78 is 36.6. The molecule has 0 radical (unpaired) electrons. The molecule has 2 nitrogen and oxygen atoms in total. The van der Waals surface area contributed by atoms with Crippen LogP contribution in [0.2, 0.25) is 0 Å². The highest BCUT2D eigenvalue weighted by atomic mass is 19.4. The van der Waals surface area contributed by atoms with Gasteiger partial charge in [0.1, 0.15) is 5.69 Å². The Hall–Kier alpha value is -1.39. The van der Waals surface area contributed by atoms with Gasteiger partial charge in [-0.25, -0.2) is 0 Å². The number of halogens is 3. The van der Waals surface area contributed by atoms with Crippen LogP contribution in [0.5, 0.6) is 0 Å². The molecule has 0 atom stereocenters. The summed E-state index contributed by atoms with van der Waals surface area (Å²) in [4.78, 5) is 10.0. The summed E-state index contributed by atoms with van der Waals surface area (Å²) in [6, 6.07) is 3.37. The third kappa shape index (κ3) is 2.05. The van der Waals surface area contributed by atoms with Gasteiger partial charge in [0.2, 0.25) is 0 Å². The minimum atomic E-state index is -4.52.